The normalized spacial score (nSPS) is 16.2. The molecule has 1 fully saturated rings. The highest BCUT2D eigenvalue weighted by molar-refractivity contribution is 14.0. The standard InChI is InChI=1S/C20H30N4O2.HI/c1-2-21-20(23-15-19(25)24-11-4-3-5-12-24)22-10-8-16-6-7-18-17(14-16)9-13-26-18;/h6-7,14H,2-5,8-13,15H2,1H3,(H2,21,22,23);1H. The lowest BCUT2D eigenvalue weighted by atomic mass is 10.1. The first-order chi connectivity index (χ1) is 12.8. The van der Waals surface area contributed by atoms with Crippen LogP contribution >= 0.6 is 24.0 Å². The maximum atomic E-state index is 12.3. The van der Waals surface area contributed by atoms with Gasteiger partial charge < -0.3 is 20.3 Å². The van der Waals surface area contributed by atoms with E-state index in [-0.39, 0.29) is 36.4 Å². The van der Waals surface area contributed by atoms with Crippen LogP contribution in [0.5, 0.6) is 5.75 Å². The highest BCUT2D eigenvalue weighted by Crippen LogP contribution is 2.25. The van der Waals surface area contributed by atoms with Gasteiger partial charge in [0.05, 0.1) is 6.61 Å². The van der Waals surface area contributed by atoms with Crippen LogP contribution in [0.3, 0.4) is 0 Å². The van der Waals surface area contributed by atoms with E-state index in [2.05, 4.69) is 33.8 Å². The summed E-state index contributed by atoms with van der Waals surface area (Å²) in [4.78, 5) is 18.7. The molecule has 0 atom stereocenters. The van der Waals surface area contributed by atoms with Crippen LogP contribution in [0.1, 0.15) is 37.3 Å². The van der Waals surface area contributed by atoms with Crippen molar-refractivity contribution in [2.45, 2.75) is 39.0 Å². The van der Waals surface area contributed by atoms with Crippen molar-refractivity contribution in [3.05, 3.63) is 29.3 Å². The number of carbonyl (C=O) groups is 1. The lowest BCUT2D eigenvalue weighted by Crippen LogP contribution is -2.41. The summed E-state index contributed by atoms with van der Waals surface area (Å²) < 4.78 is 5.55. The highest BCUT2D eigenvalue weighted by atomic mass is 127. The minimum absolute atomic E-state index is 0. The summed E-state index contributed by atoms with van der Waals surface area (Å²) >= 11 is 0. The van der Waals surface area contributed by atoms with Gasteiger partial charge in [-0.3, -0.25) is 4.79 Å². The quantitative estimate of drug-likeness (QED) is 0.368. The van der Waals surface area contributed by atoms with E-state index in [4.69, 9.17) is 4.74 Å². The van der Waals surface area contributed by atoms with Crippen LogP contribution in [-0.4, -0.2) is 56.1 Å². The molecular formula is C20H31IN4O2. The Labute approximate surface area is 179 Å². The number of likely N-dealkylation sites (tertiary alicyclic amines) is 1. The number of nitrogens with one attached hydrogen (secondary N) is 2. The predicted octanol–water partition coefficient (Wildman–Crippen LogP) is 2.35. The molecule has 2 heterocycles. The zero-order valence-electron chi connectivity index (χ0n) is 16.1. The monoisotopic (exact) mass is 486 g/mol. The second-order valence-electron chi connectivity index (χ2n) is 6.85. The largest absolute Gasteiger partial charge is 0.493 e. The molecule has 1 aromatic carbocycles. The third-order valence-corrected chi connectivity index (χ3v) is 4.89. The molecule has 2 aliphatic heterocycles. The molecule has 150 valence electrons. The second kappa shape index (κ2) is 11.4. The first-order valence-corrected chi connectivity index (χ1v) is 9.81. The number of fused-ring (bicyclic) bond motifs is 1. The van der Waals surface area contributed by atoms with Gasteiger partial charge in [-0.1, -0.05) is 12.1 Å². The number of carbonyl (C=O) groups excluding carboxylic acids is 1. The van der Waals surface area contributed by atoms with E-state index in [1.54, 1.807) is 0 Å². The van der Waals surface area contributed by atoms with Crippen molar-refractivity contribution >= 4 is 35.8 Å². The number of amides is 1. The van der Waals surface area contributed by atoms with E-state index in [9.17, 15) is 4.79 Å². The fraction of sp³-hybridized carbons (Fsp3) is 0.600. The van der Waals surface area contributed by atoms with Crippen molar-refractivity contribution < 1.29 is 9.53 Å². The molecule has 0 aromatic heterocycles. The molecule has 0 aliphatic carbocycles. The summed E-state index contributed by atoms with van der Waals surface area (Å²) in [6, 6.07) is 6.41. The van der Waals surface area contributed by atoms with Crippen LogP contribution in [-0.2, 0) is 17.6 Å². The van der Waals surface area contributed by atoms with Crippen LogP contribution in [0.15, 0.2) is 23.2 Å². The molecule has 0 unspecified atom stereocenters. The van der Waals surface area contributed by atoms with Crippen LogP contribution in [0.2, 0.25) is 0 Å². The molecule has 27 heavy (non-hydrogen) atoms. The number of aliphatic imine (C=N–C) groups is 1. The second-order valence-corrected chi connectivity index (χ2v) is 6.85. The Kier molecular flexibility index (Phi) is 9.17. The number of rotatable bonds is 6. The van der Waals surface area contributed by atoms with Crippen LogP contribution in [0.4, 0.5) is 0 Å². The third-order valence-electron chi connectivity index (χ3n) is 4.89. The molecular weight excluding hydrogens is 455 g/mol. The predicted molar refractivity (Wildman–Crippen MR) is 119 cm³/mol. The smallest absolute Gasteiger partial charge is 0.244 e. The van der Waals surface area contributed by atoms with Gasteiger partial charge in [0.1, 0.15) is 12.3 Å². The molecule has 2 aliphatic rings. The Hall–Kier alpha value is -1.51. The van der Waals surface area contributed by atoms with Crippen molar-refractivity contribution in [3.63, 3.8) is 0 Å². The average Bonchev–Trinajstić information content (AvgIpc) is 3.14. The number of nitrogens with zero attached hydrogens (tertiary/aromatic N) is 2. The van der Waals surface area contributed by atoms with E-state index in [0.717, 1.165) is 64.2 Å². The zero-order valence-corrected chi connectivity index (χ0v) is 18.5. The lowest BCUT2D eigenvalue weighted by molar-refractivity contribution is -0.130. The Morgan fingerprint density at radius 2 is 2.04 bits per heavy atom. The number of halogens is 1. The van der Waals surface area contributed by atoms with E-state index >= 15 is 0 Å². The van der Waals surface area contributed by atoms with Crippen molar-refractivity contribution in [1.29, 1.82) is 0 Å². The summed E-state index contributed by atoms with van der Waals surface area (Å²) in [5, 5.41) is 6.55. The Bertz CT molecular complexity index is 645. The molecule has 0 radical (unpaired) electrons. The number of hydrogen-bond acceptors (Lipinski definition) is 3. The maximum absolute atomic E-state index is 12.3. The van der Waals surface area contributed by atoms with Gasteiger partial charge in [0.2, 0.25) is 5.91 Å². The van der Waals surface area contributed by atoms with Crippen LogP contribution < -0.4 is 15.4 Å². The topological polar surface area (TPSA) is 66.0 Å². The number of piperidine rings is 1. The summed E-state index contributed by atoms with van der Waals surface area (Å²) in [6.45, 7) is 6.35. The first kappa shape index (κ1) is 21.8. The molecule has 0 saturated carbocycles. The van der Waals surface area contributed by atoms with Gasteiger partial charge in [-0.25, -0.2) is 4.99 Å². The summed E-state index contributed by atoms with van der Waals surface area (Å²) in [5.74, 6) is 1.86. The molecule has 1 saturated heterocycles. The van der Waals surface area contributed by atoms with Gasteiger partial charge >= 0.3 is 0 Å². The van der Waals surface area contributed by atoms with E-state index in [1.165, 1.54) is 17.5 Å². The van der Waals surface area contributed by atoms with Crippen LogP contribution in [0.25, 0.3) is 0 Å². The molecule has 1 amide bonds. The summed E-state index contributed by atoms with van der Waals surface area (Å²) in [7, 11) is 0. The maximum Gasteiger partial charge on any atom is 0.244 e. The number of hydrogen-bond donors (Lipinski definition) is 2. The zero-order chi connectivity index (χ0) is 18.2. The average molecular weight is 486 g/mol. The van der Waals surface area contributed by atoms with Gasteiger partial charge in [-0.05, 0) is 49.8 Å². The Morgan fingerprint density at radius 1 is 1.22 bits per heavy atom. The number of benzene rings is 1. The minimum Gasteiger partial charge on any atom is -0.493 e. The molecule has 0 spiro atoms. The molecule has 2 N–H and O–H groups in total. The molecule has 6 nitrogen and oxygen atoms in total. The van der Waals surface area contributed by atoms with Crippen LogP contribution in [0, 0.1) is 0 Å². The van der Waals surface area contributed by atoms with Gasteiger partial charge in [0, 0.05) is 32.6 Å². The molecule has 1 aromatic rings. The summed E-state index contributed by atoms with van der Waals surface area (Å²) in [6.07, 6.45) is 5.36. The minimum atomic E-state index is 0. The SMILES string of the molecule is CCNC(=NCC(=O)N1CCCCC1)NCCc1ccc2c(c1)CCO2.I. The van der Waals surface area contributed by atoms with E-state index in [1.807, 2.05) is 11.8 Å². The Balaban J connectivity index is 0.00000261. The van der Waals surface area contributed by atoms with Gasteiger partial charge in [0.25, 0.3) is 0 Å². The van der Waals surface area contributed by atoms with Gasteiger partial charge in [0.15, 0.2) is 5.96 Å². The van der Waals surface area contributed by atoms with Crippen molar-refractivity contribution in [3.8, 4) is 5.75 Å². The molecule has 7 heteroatoms. The van der Waals surface area contributed by atoms with Gasteiger partial charge in [-0.2, -0.15) is 0 Å². The number of ether oxygens (including phenoxy) is 1. The summed E-state index contributed by atoms with van der Waals surface area (Å²) in [5.41, 5.74) is 2.59. The highest BCUT2D eigenvalue weighted by Gasteiger charge is 2.16. The lowest BCUT2D eigenvalue weighted by Gasteiger charge is -2.26. The fourth-order valence-corrected chi connectivity index (χ4v) is 3.45. The first-order valence-electron chi connectivity index (χ1n) is 9.81. The van der Waals surface area contributed by atoms with Crippen molar-refractivity contribution in [2.75, 3.05) is 39.3 Å². The van der Waals surface area contributed by atoms with E-state index in [0.29, 0.717) is 5.96 Å². The van der Waals surface area contributed by atoms with E-state index < -0.39 is 0 Å². The molecule has 0 bridgehead atoms. The molecule has 3 rings (SSSR count). The fourth-order valence-electron chi connectivity index (χ4n) is 3.45. The van der Waals surface area contributed by atoms with Crippen molar-refractivity contribution in [2.24, 2.45) is 4.99 Å². The number of guanidine groups is 1. The third kappa shape index (κ3) is 6.55. The Morgan fingerprint density at radius 3 is 2.81 bits per heavy atom. The van der Waals surface area contributed by atoms with Crippen molar-refractivity contribution in [1.82, 2.24) is 15.5 Å². The van der Waals surface area contributed by atoms with Gasteiger partial charge in [-0.15, -0.1) is 24.0 Å².